The van der Waals surface area contributed by atoms with Crippen LogP contribution in [0.1, 0.15) is 11.1 Å². The molecule has 108 valence electrons. The van der Waals surface area contributed by atoms with E-state index in [2.05, 4.69) is 0 Å². The summed E-state index contributed by atoms with van der Waals surface area (Å²) in [7, 11) is 0. The molecule has 2 aromatic rings. The van der Waals surface area contributed by atoms with Gasteiger partial charge in [0.15, 0.2) is 0 Å². The number of hydrogen-bond acceptors (Lipinski definition) is 4. The van der Waals surface area contributed by atoms with Gasteiger partial charge in [0.2, 0.25) is 0 Å². The van der Waals surface area contributed by atoms with Gasteiger partial charge in [-0.05, 0) is 6.07 Å². The standard InChI is InChI=1S/C16H13ClO4/c17-13-5-4-12-14-10(13)2-1-3-11(14)15-16(12,20-8-6-18-15)21-9-7-19-15/h1-5H,6-9H2. The zero-order valence-corrected chi connectivity index (χ0v) is 12.0. The van der Waals surface area contributed by atoms with Crippen LogP contribution < -0.4 is 0 Å². The van der Waals surface area contributed by atoms with Crippen LogP contribution in [0.25, 0.3) is 10.8 Å². The molecule has 0 amide bonds. The van der Waals surface area contributed by atoms with Crippen molar-refractivity contribution < 1.29 is 18.9 Å². The van der Waals surface area contributed by atoms with Gasteiger partial charge in [-0.25, -0.2) is 0 Å². The molecule has 0 saturated carbocycles. The van der Waals surface area contributed by atoms with E-state index in [0.717, 1.165) is 21.9 Å². The first kappa shape index (κ1) is 12.4. The van der Waals surface area contributed by atoms with Crippen LogP contribution in [0.2, 0.25) is 5.02 Å². The van der Waals surface area contributed by atoms with Crippen LogP contribution in [0.15, 0.2) is 30.3 Å². The molecule has 2 aromatic carbocycles. The Hall–Kier alpha value is -1.17. The summed E-state index contributed by atoms with van der Waals surface area (Å²) in [5.41, 5.74) is 1.88. The lowest BCUT2D eigenvalue weighted by Crippen LogP contribution is -2.60. The van der Waals surface area contributed by atoms with Crippen molar-refractivity contribution in [2.75, 3.05) is 26.4 Å². The number of rotatable bonds is 0. The summed E-state index contributed by atoms with van der Waals surface area (Å²) >= 11 is 6.36. The van der Waals surface area contributed by atoms with E-state index in [1.807, 2.05) is 30.3 Å². The first-order valence-electron chi connectivity index (χ1n) is 7.06. The van der Waals surface area contributed by atoms with Crippen LogP contribution in [0.5, 0.6) is 0 Å². The lowest BCUT2D eigenvalue weighted by Gasteiger charge is -2.50. The van der Waals surface area contributed by atoms with Crippen molar-refractivity contribution in [3.63, 3.8) is 0 Å². The van der Waals surface area contributed by atoms with Crippen molar-refractivity contribution in [2.45, 2.75) is 11.6 Å². The van der Waals surface area contributed by atoms with E-state index in [1.54, 1.807) is 0 Å². The molecule has 2 heterocycles. The molecule has 1 aliphatic carbocycles. The first-order chi connectivity index (χ1) is 10.3. The van der Waals surface area contributed by atoms with E-state index in [-0.39, 0.29) is 0 Å². The molecular weight excluding hydrogens is 292 g/mol. The molecule has 2 fully saturated rings. The highest BCUT2D eigenvalue weighted by Gasteiger charge is 2.67. The largest absolute Gasteiger partial charge is 0.339 e. The van der Waals surface area contributed by atoms with E-state index in [0.29, 0.717) is 31.5 Å². The third kappa shape index (κ3) is 1.27. The molecule has 0 atom stereocenters. The number of halogens is 1. The highest BCUT2D eigenvalue weighted by Crippen LogP contribution is 2.60. The van der Waals surface area contributed by atoms with Gasteiger partial charge in [0.05, 0.1) is 26.4 Å². The second kappa shape index (κ2) is 3.97. The number of benzene rings is 2. The van der Waals surface area contributed by atoms with Crippen molar-refractivity contribution >= 4 is 22.4 Å². The Morgan fingerprint density at radius 2 is 1.33 bits per heavy atom. The molecule has 5 heteroatoms. The molecule has 0 N–H and O–H groups in total. The fourth-order valence-electron chi connectivity index (χ4n) is 3.79. The van der Waals surface area contributed by atoms with Crippen LogP contribution in [0, 0.1) is 0 Å². The van der Waals surface area contributed by atoms with Gasteiger partial charge in [-0.2, -0.15) is 0 Å². The van der Waals surface area contributed by atoms with Gasteiger partial charge < -0.3 is 18.9 Å². The summed E-state index contributed by atoms with van der Waals surface area (Å²) < 4.78 is 24.3. The van der Waals surface area contributed by atoms with Crippen molar-refractivity contribution in [3.05, 3.63) is 46.5 Å². The minimum absolute atomic E-state index is 0.475. The van der Waals surface area contributed by atoms with Crippen LogP contribution >= 0.6 is 11.6 Å². The maximum atomic E-state index is 6.36. The van der Waals surface area contributed by atoms with Gasteiger partial charge in [0, 0.05) is 26.9 Å². The fraction of sp³-hybridized carbons (Fsp3) is 0.375. The maximum absolute atomic E-state index is 6.36. The Kier molecular flexibility index (Phi) is 2.34. The molecule has 21 heavy (non-hydrogen) atoms. The Labute approximate surface area is 126 Å². The Balaban J connectivity index is 1.95. The molecule has 0 radical (unpaired) electrons. The van der Waals surface area contributed by atoms with Gasteiger partial charge in [0.1, 0.15) is 0 Å². The number of hydrogen-bond donors (Lipinski definition) is 0. The predicted octanol–water partition coefficient (Wildman–Crippen LogP) is 2.91. The Bertz CT molecular complexity index is 717. The van der Waals surface area contributed by atoms with Gasteiger partial charge in [-0.15, -0.1) is 0 Å². The molecule has 3 aliphatic rings. The lowest BCUT2D eigenvalue weighted by molar-refractivity contribution is -0.478. The monoisotopic (exact) mass is 304 g/mol. The predicted molar refractivity (Wildman–Crippen MR) is 76.1 cm³/mol. The third-order valence-electron chi connectivity index (χ3n) is 4.52. The van der Waals surface area contributed by atoms with Crippen molar-refractivity contribution in [1.82, 2.24) is 0 Å². The topological polar surface area (TPSA) is 36.9 Å². The van der Waals surface area contributed by atoms with E-state index >= 15 is 0 Å². The minimum Gasteiger partial charge on any atom is -0.339 e. The average Bonchev–Trinajstić information content (AvgIpc) is 2.80. The Morgan fingerprint density at radius 3 is 1.95 bits per heavy atom. The average molecular weight is 305 g/mol. The van der Waals surface area contributed by atoms with Gasteiger partial charge in [0.25, 0.3) is 11.6 Å². The molecule has 0 spiro atoms. The van der Waals surface area contributed by atoms with Crippen LogP contribution in [-0.4, -0.2) is 26.4 Å². The van der Waals surface area contributed by atoms with Crippen LogP contribution in [-0.2, 0) is 30.5 Å². The smallest absolute Gasteiger partial charge is 0.256 e. The molecule has 0 bridgehead atoms. The molecule has 0 aromatic heterocycles. The normalized spacial score (nSPS) is 33.8. The summed E-state index contributed by atoms with van der Waals surface area (Å²) in [5.74, 6) is -2.04. The summed E-state index contributed by atoms with van der Waals surface area (Å²) in [6.45, 7) is 1.90. The molecule has 2 aliphatic heterocycles. The highest BCUT2D eigenvalue weighted by molar-refractivity contribution is 6.35. The quantitative estimate of drug-likeness (QED) is 0.750. The number of ether oxygens (including phenoxy) is 4. The van der Waals surface area contributed by atoms with Gasteiger partial charge in [-0.3, -0.25) is 0 Å². The Morgan fingerprint density at radius 1 is 0.762 bits per heavy atom. The zero-order valence-electron chi connectivity index (χ0n) is 11.2. The summed E-state index contributed by atoms with van der Waals surface area (Å²) in [6, 6.07) is 9.81. The lowest BCUT2D eigenvalue weighted by atomic mass is 9.99. The third-order valence-corrected chi connectivity index (χ3v) is 4.85. The highest BCUT2D eigenvalue weighted by atomic mass is 35.5. The van der Waals surface area contributed by atoms with E-state index in [4.69, 9.17) is 30.5 Å². The molecule has 2 saturated heterocycles. The second-order valence-electron chi connectivity index (χ2n) is 5.45. The summed E-state index contributed by atoms with van der Waals surface area (Å²) in [6.07, 6.45) is 0. The van der Waals surface area contributed by atoms with E-state index in [1.165, 1.54) is 0 Å². The zero-order chi connectivity index (χ0) is 14.1. The van der Waals surface area contributed by atoms with E-state index in [9.17, 15) is 0 Å². The molecule has 0 unspecified atom stereocenters. The van der Waals surface area contributed by atoms with Gasteiger partial charge >= 0.3 is 0 Å². The summed E-state index contributed by atoms with van der Waals surface area (Å²) in [4.78, 5) is 0. The molecule has 4 nitrogen and oxygen atoms in total. The van der Waals surface area contributed by atoms with Crippen molar-refractivity contribution in [3.8, 4) is 0 Å². The van der Waals surface area contributed by atoms with Crippen molar-refractivity contribution in [2.24, 2.45) is 0 Å². The second-order valence-corrected chi connectivity index (χ2v) is 5.86. The maximum Gasteiger partial charge on any atom is 0.256 e. The van der Waals surface area contributed by atoms with Crippen molar-refractivity contribution in [1.29, 1.82) is 0 Å². The van der Waals surface area contributed by atoms with Crippen LogP contribution in [0.3, 0.4) is 0 Å². The van der Waals surface area contributed by atoms with E-state index < -0.39 is 11.6 Å². The first-order valence-corrected chi connectivity index (χ1v) is 7.44. The SMILES string of the molecule is Clc1ccc2c3c(cccc13)C13OCCOC21OCCO3. The van der Waals surface area contributed by atoms with Crippen LogP contribution in [0.4, 0.5) is 0 Å². The minimum atomic E-state index is -1.02. The summed E-state index contributed by atoms with van der Waals surface area (Å²) in [5, 5.41) is 2.70. The molecule has 5 rings (SSSR count). The van der Waals surface area contributed by atoms with Gasteiger partial charge in [-0.1, -0.05) is 35.9 Å². The fourth-order valence-corrected chi connectivity index (χ4v) is 4.01. The molecular formula is C16H13ClO4.